The van der Waals surface area contributed by atoms with Crippen LogP contribution in [-0.4, -0.2) is 11.9 Å². The van der Waals surface area contributed by atoms with Crippen LogP contribution in [0.4, 0.5) is 0 Å². The number of likely N-dealkylation sites (N-methyl/N-ethyl adjacent to an activating group) is 1. The molecule has 0 saturated heterocycles. The largest absolute Gasteiger partial charge is 0.368 e. The van der Waals surface area contributed by atoms with Crippen LogP contribution >= 0.6 is 0 Å². The molecule has 0 aromatic heterocycles. The minimum Gasteiger partial charge on any atom is -0.368 e. The lowest BCUT2D eigenvalue weighted by Gasteiger charge is -2.39. The molecular weight excluding hydrogens is 302 g/mol. The summed E-state index contributed by atoms with van der Waals surface area (Å²) in [4.78, 5) is 2.28. The third-order valence-electron chi connectivity index (χ3n) is 5.44. The maximum absolute atomic E-state index is 2.35. The van der Waals surface area contributed by atoms with Crippen molar-refractivity contribution in [1.29, 1.82) is 0 Å². The first kappa shape index (κ1) is 17.5. The zero-order valence-electron chi connectivity index (χ0n) is 16.3. The van der Waals surface area contributed by atoms with E-state index in [9.17, 15) is 0 Å². The quantitative estimate of drug-likeness (QED) is 0.634. The summed E-state index contributed by atoms with van der Waals surface area (Å²) in [6.07, 6.45) is 8.66. The molecule has 0 radical (unpaired) electrons. The van der Waals surface area contributed by atoms with Crippen molar-refractivity contribution in [3.63, 3.8) is 0 Å². The second kappa shape index (κ2) is 6.22. The molecule has 0 saturated carbocycles. The van der Waals surface area contributed by atoms with Gasteiger partial charge in [0.25, 0.3) is 0 Å². The van der Waals surface area contributed by atoms with Crippen molar-refractivity contribution in [3.05, 3.63) is 83.6 Å². The van der Waals surface area contributed by atoms with Gasteiger partial charge >= 0.3 is 0 Å². The van der Waals surface area contributed by atoms with Crippen LogP contribution in [0.2, 0.25) is 0 Å². The fourth-order valence-electron chi connectivity index (χ4n) is 3.48. The Bertz CT molecular complexity index is 818. The Morgan fingerprint density at radius 2 is 1.52 bits per heavy atom. The van der Waals surface area contributed by atoms with E-state index in [0.29, 0.717) is 0 Å². The summed E-state index contributed by atoms with van der Waals surface area (Å²) < 4.78 is 0. The van der Waals surface area contributed by atoms with E-state index < -0.39 is 0 Å². The molecule has 2 aromatic carbocycles. The standard InChI is InChI=1S/C24H29N/c1-18-9-10-20(19-11-13-21(14-12-19)23(2,3)4)17-22(18)24(5)15-7-8-16-25(24)6/h7-17H,1-6H3. The number of hydrogen-bond acceptors (Lipinski definition) is 1. The average molecular weight is 332 g/mol. The maximum atomic E-state index is 2.35. The highest BCUT2D eigenvalue weighted by Gasteiger charge is 2.29. The molecule has 1 unspecified atom stereocenters. The second-order valence-electron chi connectivity index (χ2n) is 8.32. The Kier molecular flexibility index (Phi) is 4.36. The number of hydrogen-bond donors (Lipinski definition) is 0. The van der Waals surface area contributed by atoms with E-state index in [-0.39, 0.29) is 11.0 Å². The van der Waals surface area contributed by atoms with E-state index in [0.717, 1.165) is 0 Å². The lowest BCUT2D eigenvalue weighted by molar-refractivity contribution is 0.261. The van der Waals surface area contributed by atoms with E-state index >= 15 is 0 Å². The second-order valence-corrected chi connectivity index (χ2v) is 8.32. The molecule has 3 rings (SSSR count). The average Bonchev–Trinajstić information content (AvgIpc) is 2.57. The lowest BCUT2D eigenvalue weighted by atomic mass is 9.83. The van der Waals surface area contributed by atoms with Crippen LogP contribution in [0.25, 0.3) is 11.1 Å². The van der Waals surface area contributed by atoms with Crippen molar-refractivity contribution in [2.75, 3.05) is 7.05 Å². The number of aryl methyl sites for hydroxylation is 1. The molecule has 1 atom stereocenters. The van der Waals surface area contributed by atoms with Gasteiger partial charge in [0.15, 0.2) is 0 Å². The summed E-state index contributed by atoms with van der Waals surface area (Å²) in [6, 6.07) is 15.8. The first-order valence-electron chi connectivity index (χ1n) is 9.03. The molecule has 1 aliphatic rings. The summed E-state index contributed by atoms with van der Waals surface area (Å²) in [5.74, 6) is 0. The Balaban J connectivity index is 2.03. The predicted octanol–water partition coefficient (Wildman–Crippen LogP) is 6.19. The smallest absolute Gasteiger partial charge is 0.0806 e. The molecule has 0 aliphatic carbocycles. The summed E-state index contributed by atoms with van der Waals surface area (Å²) in [5, 5.41) is 0. The third kappa shape index (κ3) is 3.28. The van der Waals surface area contributed by atoms with Crippen molar-refractivity contribution in [3.8, 4) is 11.1 Å². The van der Waals surface area contributed by atoms with E-state index in [2.05, 4.69) is 113 Å². The molecule has 0 N–H and O–H groups in total. The molecule has 1 nitrogen and oxygen atoms in total. The third-order valence-corrected chi connectivity index (χ3v) is 5.44. The van der Waals surface area contributed by atoms with Crippen molar-refractivity contribution in [2.24, 2.45) is 0 Å². The van der Waals surface area contributed by atoms with Gasteiger partial charge < -0.3 is 4.90 Å². The van der Waals surface area contributed by atoms with Crippen LogP contribution in [0.5, 0.6) is 0 Å². The Morgan fingerprint density at radius 1 is 0.880 bits per heavy atom. The van der Waals surface area contributed by atoms with Gasteiger partial charge in [-0.2, -0.15) is 0 Å². The predicted molar refractivity (Wildman–Crippen MR) is 109 cm³/mol. The highest BCUT2D eigenvalue weighted by atomic mass is 15.1. The first-order valence-corrected chi connectivity index (χ1v) is 9.03. The molecule has 1 heteroatoms. The zero-order chi connectivity index (χ0) is 18.2. The Morgan fingerprint density at radius 3 is 2.12 bits per heavy atom. The topological polar surface area (TPSA) is 3.24 Å². The van der Waals surface area contributed by atoms with E-state index in [1.54, 1.807) is 0 Å². The number of allylic oxidation sites excluding steroid dienone is 2. The van der Waals surface area contributed by atoms with E-state index in [1.807, 2.05) is 0 Å². The molecule has 0 bridgehead atoms. The van der Waals surface area contributed by atoms with Crippen molar-refractivity contribution in [1.82, 2.24) is 4.90 Å². The van der Waals surface area contributed by atoms with Gasteiger partial charge in [-0.3, -0.25) is 0 Å². The molecule has 1 heterocycles. The van der Waals surface area contributed by atoms with Crippen molar-refractivity contribution >= 4 is 0 Å². The molecule has 0 spiro atoms. The SMILES string of the molecule is Cc1ccc(-c2ccc(C(C)(C)C)cc2)cc1C1(C)C=CC=CN1C. The number of rotatable bonds is 2. The van der Waals surface area contributed by atoms with E-state index in [1.165, 1.54) is 27.8 Å². The van der Waals surface area contributed by atoms with Gasteiger partial charge in [-0.05, 0) is 65.4 Å². The lowest BCUT2D eigenvalue weighted by Crippen LogP contribution is -2.37. The summed E-state index contributed by atoms with van der Waals surface area (Å²) in [5.41, 5.74) is 6.68. The molecule has 25 heavy (non-hydrogen) atoms. The van der Waals surface area contributed by atoms with E-state index in [4.69, 9.17) is 0 Å². The molecule has 0 amide bonds. The van der Waals surface area contributed by atoms with Gasteiger partial charge in [0.2, 0.25) is 0 Å². The normalized spacial score (nSPS) is 20.2. The van der Waals surface area contributed by atoms with Gasteiger partial charge in [-0.25, -0.2) is 0 Å². The molecule has 0 fully saturated rings. The zero-order valence-corrected chi connectivity index (χ0v) is 16.3. The van der Waals surface area contributed by atoms with Crippen LogP contribution in [0.1, 0.15) is 44.4 Å². The Hall–Kier alpha value is -2.28. The summed E-state index contributed by atoms with van der Waals surface area (Å²) in [7, 11) is 2.14. The van der Waals surface area contributed by atoms with Crippen molar-refractivity contribution in [2.45, 2.75) is 45.6 Å². The molecule has 2 aromatic rings. The molecular formula is C24H29N. The van der Waals surface area contributed by atoms with Crippen LogP contribution < -0.4 is 0 Å². The highest BCUT2D eigenvalue weighted by Crippen LogP contribution is 2.36. The summed E-state index contributed by atoms with van der Waals surface area (Å²) in [6.45, 7) is 11.2. The molecule has 130 valence electrons. The van der Waals surface area contributed by atoms with Gasteiger partial charge in [-0.1, -0.05) is 69.3 Å². The molecule has 1 aliphatic heterocycles. The fourth-order valence-corrected chi connectivity index (χ4v) is 3.48. The minimum absolute atomic E-state index is 0.111. The Labute approximate surface area is 152 Å². The van der Waals surface area contributed by atoms with Gasteiger partial charge in [0, 0.05) is 7.05 Å². The van der Waals surface area contributed by atoms with Gasteiger partial charge in [0.05, 0.1) is 5.54 Å². The van der Waals surface area contributed by atoms with Gasteiger partial charge in [0.1, 0.15) is 0 Å². The summed E-state index contributed by atoms with van der Waals surface area (Å²) >= 11 is 0. The van der Waals surface area contributed by atoms with Crippen LogP contribution in [0, 0.1) is 6.92 Å². The first-order chi connectivity index (χ1) is 11.7. The number of nitrogens with zero attached hydrogens (tertiary/aromatic N) is 1. The number of benzene rings is 2. The minimum atomic E-state index is -0.111. The van der Waals surface area contributed by atoms with Crippen LogP contribution in [-0.2, 0) is 11.0 Å². The van der Waals surface area contributed by atoms with Crippen LogP contribution in [0.15, 0.2) is 66.9 Å². The van der Waals surface area contributed by atoms with Gasteiger partial charge in [-0.15, -0.1) is 0 Å². The fraction of sp³-hybridized carbons (Fsp3) is 0.333. The highest BCUT2D eigenvalue weighted by molar-refractivity contribution is 5.66. The monoisotopic (exact) mass is 331 g/mol. The maximum Gasteiger partial charge on any atom is 0.0806 e. The van der Waals surface area contributed by atoms with Crippen molar-refractivity contribution < 1.29 is 0 Å². The van der Waals surface area contributed by atoms with Crippen LogP contribution in [0.3, 0.4) is 0 Å².